The van der Waals surface area contributed by atoms with E-state index in [2.05, 4.69) is 5.32 Å². The molecule has 6 heteroatoms. The average molecular weight is 291 g/mol. The van der Waals surface area contributed by atoms with E-state index in [-0.39, 0.29) is 18.1 Å². The summed E-state index contributed by atoms with van der Waals surface area (Å²) in [5.41, 5.74) is 5.97. The molecule has 0 aromatic heterocycles. The maximum atomic E-state index is 11.7. The van der Waals surface area contributed by atoms with Crippen LogP contribution in [-0.2, 0) is 9.53 Å². The monoisotopic (exact) mass is 290 g/mol. The molecule has 0 heterocycles. The van der Waals surface area contributed by atoms with E-state index in [1.807, 2.05) is 20.8 Å². The van der Waals surface area contributed by atoms with Gasteiger partial charge in [-0.15, -0.1) is 0 Å². The average Bonchev–Trinajstić information content (AvgIpc) is 2.19. The van der Waals surface area contributed by atoms with Crippen LogP contribution in [0.3, 0.4) is 0 Å². The zero-order valence-corrected chi connectivity index (χ0v) is 12.0. The van der Waals surface area contributed by atoms with Gasteiger partial charge in [-0.1, -0.05) is 23.2 Å². The summed E-state index contributed by atoms with van der Waals surface area (Å²) in [7, 11) is 0. The van der Waals surface area contributed by atoms with E-state index in [1.165, 1.54) is 12.1 Å². The summed E-state index contributed by atoms with van der Waals surface area (Å²) in [5.74, 6) is -0.321. The fourth-order valence-corrected chi connectivity index (χ4v) is 1.77. The Kier molecular flexibility index (Phi) is 4.85. The molecule has 0 aliphatic carbocycles. The van der Waals surface area contributed by atoms with Crippen molar-refractivity contribution in [3.8, 4) is 0 Å². The summed E-state index contributed by atoms with van der Waals surface area (Å²) < 4.78 is 5.34. The number of benzene rings is 1. The summed E-state index contributed by atoms with van der Waals surface area (Å²) in [6.45, 7) is 5.52. The van der Waals surface area contributed by atoms with Crippen molar-refractivity contribution in [1.29, 1.82) is 0 Å². The minimum atomic E-state index is -0.383. The highest BCUT2D eigenvalue weighted by Crippen LogP contribution is 2.32. The number of rotatable bonds is 3. The number of halogens is 2. The maximum absolute atomic E-state index is 11.7. The van der Waals surface area contributed by atoms with Crippen molar-refractivity contribution >= 4 is 40.5 Å². The zero-order chi connectivity index (χ0) is 13.9. The number of nitrogen functional groups attached to an aromatic ring is 1. The molecule has 0 aliphatic heterocycles. The van der Waals surface area contributed by atoms with E-state index >= 15 is 0 Å². The fraction of sp³-hybridized carbons (Fsp3) is 0.417. The number of nitrogens with one attached hydrogen (secondary N) is 1. The van der Waals surface area contributed by atoms with E-state index in [4.69, 9.17) is 33.7 Å². The van der Waals surface area contributed by atoms with Gasteiger partial charge in [-0.2, -0.15) is 0 Å². The molecule has 0 unspecified atom stereocenters. The van der Waals surface area contributed by atoms with Crippen molar-refractivity contribution in [3.05, 3.63) is 22.2 Å². The van der Waals surface area contributed by atoms with Crippen molar-refractivity contribution in [3.63, 3.8) is 0 Å². The number of carbonyl (C=O) groups is 1. The molecule has 0 radical (unpaired) electrons. The van der Waals surface area contributed by atoms with Gasteiger partial charge in [0.15, 0.2) is 0 Å². The van der Waals surface area contributed by atoms with Gasteiger partial charge < -0.3 is 15.8 Å². The number of carbonyl (C=O) groups excluding carboxylic acids is 1. The topological polar surface area (TPSA) is 64.3 Å². The SMILES string of the molecule is CC(C)(C)OCC(=O)Nc1c(Cl)cc(N)cc1Cl. The van der Waals surface area contributed by atoms with Crippen molar-refractivity contribution in [2.75, 3.05) is 17.7 Å². The summed E-state index contributed by atoms with van der Waals surface area (Å²) in [5, 5.41) is 3.19. The Morgan fingerprint density at radius 2 is 1.83 bits per heavy atom. The highest BCUT2D eigenvalue weighted by Gasteiger charge is 2.15. The highest BCUT2D eigenvalue weighted by atomic mass is 35.5. The molecule has 0 bridgehead atoms. The molecule has 1 aromatic rings. The lowest BCUT2D eigenvalue weighted by atomic mass is 10.2. The molecule has 100 valence electrons. The van der Waals surface area contributed by atoms with E-state index in [9.17, 15) is 4.79 Å². The van der Waals surface area contributed by atoms with Crippen LogP contribution in [0.25, 0.3) is 0 Å². The molecule has 0 fully saturated rings. The van der Waals surface area contributed by atoms with Gasteiger partial charge in [0.25, 0.3) is 0 Å². The molecule has 4 nitrogen and oxygen atoms in total. The van der Waals surface area contributed by atoms with Crippen LogP contribution in [0.5, 0.6) is 0 Å². The first-order chi connectivity index (χ1) is 8.19. The second-order valence-electron chi connectivity index (χ2n) is 4.81. The van der Waals surface area contributed by atoms with Gasteiger partial charge in [-0.25, -0.2) is 0 Å². The summed E-state index contributed by atoms with van der Waals surface area (Å²) in [6.07, 6.45) is 0. The van der Waals surface area contributed by atoms with Gasteiger partial charge in [-0.05, 0) is 32.9 Å². The molecule has 0 saturated carbocycles. The molecule has 1 aromatic carbocycles. The third-order valence-corrected chi connectivity index (χ3v) is 2.56. The Morgan fingerprint density at radius 3 is 2.28 bits per heavy atom. The third-order valence-electron chi connectivity index (χ3n) is 1.97. The van der Waals surface area contributed by atoms with E-state index in [1.54, 1.807) is 0 Å². The number of hydrogen-bond acceptors (Lipinski definition) is 3. The number of ether oxygens (including phenoxy) is 1. The molecule has 0 saturated heterocycles. The van der Waals surface area contributed by atoms with Crippen molar-refractivity contribution in [2.45, 2.75) is 26.4 Å². The highest BCUT2D eigenvalue weighted by molar-refractivity contribution is 6.40. The Bertz CT molecular complexity index is 433. The lowest BCUT2D eigenvalue weighted by Gasteiger charge is -2.19. The summed E-state index contributed by atoms with van der Waals surface area (Å²) in [6, 6.07) is 3.04. The molecule has 0 spiro atoms. The van der Waals surface area contributed by atoms with Crippen LogP contribution in [-0.4, -0.2) is 18.1 Å². The predicted molar refractivity (Wildman–Crippen MR) is 75.2 cm³/mol. The lowest BCUT2D eigenvalue weighted by molar-refractivity contribution is -0.125. The normalized spacial score (nSPS) is 11.4. The van der Waals surface area contributed by atoms with E-state index in [0.29, 0.717) is 21.4 Å². The van der Waals surface area contributed by atoms with Crippen molar-refractivity contribution < 1.29 is 9.53 Å². The first-order valence-electron chi connectivity index (χ1n) is 5.37. The molecular formula is C12H16Cl2N2O2. The molecular weight excluding hydrogens is 275 g/mol. The molecule has 1 amide bonds. The quantitative estimate of drug-likeness (QED) is 0.839. The van der Waals surface area contributed by atoms with Gasteiger partial charge in [0, 0.05) is 5.69 Å². The minimum absolute atomic E-state index is 0.0689. The van der Waals surface area contributed by atoms with Crippen LogP contribution in [0, 0.1) is 0 Å². The zero-order valence-electron chi connectivity index (χ0n) is 10.5. The van der Waals surface area contributed by atoms with E-state index in [0.717, 1.165) is 0 Å². The Balaban J connectivity index is 2.71. The van der Waals surface area contributed by atoms with Crippen LogP contribution in [0.4, 0.5) is 11.4 Å². The number of nitrogens with two attached hydrogens (primary N) is 1. The smallest absolute Gasteiger partial charge is 0.250 e. The molecule has 3 N–H and O–H groups in total. The lowest BCUT2D eigenvalue weighted by Crippen LogP contribution is -2.27. The molecule has 0 atom stereocenters. The van der Waals surface area contributed by atoms with Gasteiger partial charge in [0.05, 0.1) is 21.3 Å². The second-order valence-corrected chi connectivity index (χ2v) is 5.62. The summed E-state index contributed by atoms with van der Waals surface area (Å²) >= 11 is 11.9. The Morgan fingerprint density at radius 1 is 1.33 bits per heavy atom. The Hall–Kier alpha value is -0.970. The van der Waals surface area contributed by atoms with Crippen LogP contribution in [0.2, 0.25) is 10.0 Å². The van der Waals surface area contributed by atoms with E-state index < -0.39 is 0 Å². The minimum Gasteiger partial charge on any atom is -0.399 e. The number of anilines is 2. The second kappa shape index (κ2) is 5.78. The molecule has 18 heavy (non-hydrogen) atoms. The number of amides is 1. The fourth-order valence-electron chi connectivity index (χ4n) is 1.17. The van der Waals surface area contributed by atoms with Crippen LogP contribution < -0.4 is 11.1 Å². The maximum Gasteiger partial charge on any atom is 0.250 e. The third kappa shape index (κ3) is 4.72. The van der Waals surface area contributed by atoms with Crippen LogP contribution in [0.15, 0.2) is 12.1 Å². The first-order valence-corrected chi connectivity index (χ1v) is 6.13. The van der Waals surface area contributed by atoms with Crippen molar-refractivity contribution in [2.24, 2.45) is 0 Å². The van der Waals surface area contributed by atoms with Gasteiger partial charge in [0.1, 0.15) is 6.61 Å². The first kappa shape index (κ1) is 15.1. The van der Waals surface area contributed by atoms with Gasteiger partial charge >= 0.3 is 0 Å². The largest absolute Gasteiger partial charge is 0.399 e. The molecule has 0 aliphatic rings. The predicted octanol–water partition coefficient (Wildman–Crippen LogP) is 3.33. The molecule has 1 rings (SSSR count). The standard InChI is InChI=1S/C12H16Cl2N2O2/c1-12(2,3)18-6-10(17)16-11-8(13)4-7(15)5-9(11)14/h4-5H,6,15H2,1-3H3,(H,16,17). The van der Waals surface area contributed by atoms with Crippen LogP contribution >= 0.6 is 23.2 Å². The number of hydrogen-bond donors (Lipinski definition) is 2. The van der Waals surface area contributed by atoms with Gasteiger partial charge in [0.2, 0.25) is 5.91 Å². The van der Waals surface area contributed by atoms with Crippen LogP contribution in [0.1, 0.15) is 20.8 Å². The summed E-state index contributed by atoms with van der Waals surface area (Å²) in [4.78, 5) is 11.7. The van der Waals surface area contributed by atoms with Gasteiger partial charge in [-0.3, -0.25) is 4.79 Å². The Labute approximate surface area is 116 Å². The van der Waals surface area contributed by atoms with Crippen molar-refractivity contribution in [1.82, 2.24) is 0 Å².